The first kappa shape index (κ1) is 23.1. The Morgan fingerprint density at radius 3 is 1.21 bits per heavy atom. The van der Waals surface area contributed by atoms with Crippen LogP contribution in [0, 0.1) is 52.4 Å². The van der Waals surface area contributed by atoms with E-state index < -0.39 is 72.0 Å². The highest BCUT2D eigenvalue weighted by Gasteiger charge is 2.44. The first-order valence-electron chi connectivity index (χ1n) is 8.63. The summed E-state index contributed by atoms with van der Waals surface area (Å²) in [5.41, 5.74) is -3.16. The Labute approximate surface area is 161 Å². The van der Waals surface area contributed by atoms with E-state index in [9.17, 15) is 39.5 Å². The zero-order valence-corrected chi connectivity index (χ0v) is 16.5. The molecule has 0 spiro atoms. The SMILES string of the molecule is CC[Si](CC)(CC)N(c1c(F)c(F)cc(F)c1F)c1c(F)c(F)c(F)c(F)c1F. The average Bonchev–Trinajstić information content (AvgIpc) is 2.71. The van der Waals surface area contributed by atoms with Crippen molar-refractivity contribution in [3.8, 4) is 0 Å². The number of hydrogen-bond acceptors (Lipinski definition) is 1. The van der Waals surface area contributed by atoms with Crippen LogP contribution in [0.4, 0.5) is 50.9 Å². The summed E-state index contributed by atoms with van der Waals surface area (Å²) < 4.78 is 127. The van der Waals surface area contributed by atoms with Crippen LogP contribution in [0.25, 0.3) is 0 Å². The predicted molar refractivity (Wildman–Crippen MR) is 91.8 cm³/mol. The molecule has 2 aromatic rings. The van der Waals surface area contributed by atoms with Crippen molar-refractivity contribution in [2.45, 2.75) is 38.9 Å². The van der Waals surface area contributed by atoms with Crippen LogP contribution in [0.3, 0.4) is 0 Å². The molecular formula is C18H16F9NSi. The van der Waals surface area contributed by atoms with E-state index in [0.29, 0.717) is 0 Å². The summed E-state index contributed by atoms with van der Waals surface area (Å²) in [7, 11) is -3.48. The highest BCUT2D eigenvalue weighted by Crippen LogP contribution is 2.44. The number of benzene rings is 2. The van der Waals surface area contributed by atoms with Gasteiger partial charge in [0.1, 0.15) is 11.4 Å². The summed E-state index contributed by atoms with van der Waals surface area (Å²) in [6.45, 7) is 4.47. The first-order chi connectivity index (χ1) is 13.5. The highest BCUT2D eigenvalue weighted by molar-refractivity contribution is 6.84. The van der Waals surface area contributed by atoms with Crippen LogP contribution in [0.2, 0.25) is 18.1 Å². The van der Waals surface area contributed by atoms with E-state index in [2.05, 4.69) is 0 Å². The van der Waals surface area contributed by atoms with Gasteiger partial charge in [-0.05, 0) is 18.1 Å². The monoisotopic (exact) mass is 445 g/mol. The topological polar surface area (TPSA) is 3.24 Å². The van der Waals surface area contributed by atoms with E-state index >= 15 is 0 Å². The zero-order valence-electron chi connectivity index (χ0n) is 15.5. The predicted octanol–water partition coefficient (Wildman–Crippen LogP) is 7.08. The normalized spacial score (nSPS) is 11.9. The van der Waals surface area contributed by atoms with Gasteiger partial charge >= 0.3 is 0 Å². The van der Waals surface area contributed by atoms with Crippen molar-refractivity contribution in [3.05, 3.63) is 58.4 Å². The molecule has 0 heterocycles. The molecule has 0 unspecified atom stereocenters. The third-order valence-corrected chi connectivity index (χ3v) is 10.5. The largest absolute Gasteiger partial charge is 0.359 e. The molecule has 0 fully saturated rings. The molecule has 0 saturated heterocycles. The summed E-state index contributed by atoms with van der Waals surface area (Å²) >= 11 is 0. The van der Waals surface area contributed by atoms with Gasteiger partial charge < -0.3 is 4.57 Å². The lowest BCUT2D eigenvalue weighted by atomic mass is 10.2. The maximum Gasteiger partial charge on any atom is 0.200 e. The van der Waals surface area contributed by atoms with Crippen LogP contribution in [0.15, 0.2) is 6.07 Å². The Bertz CT molecular complexity index is 880. The second-order valence-corrected chi connectivity index (χ2v) is 11.4. The summed E-state index contributed by atoms with van der Waals surface area (Å²) in [4.78, 5) is 0. The highest BCUT2D eigenvalue weighted by atomic mass is 28.3. The molecule has 2 rings (SSSR count). The van der Waals surface area contributed by atoms with Crippen molar-refractivity contribution in [2.24, 2.45) is 0 Å². The van der Waals surface area contributed by atoms with Crippen LogP contribution in [-0.4, -0.2) is 8.24 Å². The molecule has 0 bridgehead atoms. The Balaban J connectivity index is 3.11. The summed E-state index contributed by atoms with van der Waals surface area (Å²) in [5.74, 6) is -19.6. The average molecular weight is 445 g/mol. The van der Waals surface area contributed by atoms with Crippen molar-refractivity contribution in [2.75, 3.05) is 4.57 Å². The summed E-state index contributed by atoms with van der Waals surface area (Å²) in [6.07, 6.45) is 0. The van der Waals surface area contributed by atoms with E-state index in [1.165, 1.54) is 20.8 Å². The minimum atomic E-state index is -3.48. The lowest BCUT2D eigenvalue weighted by Crippen LogP contribution is -2.51. The van der Waals surface area contributed by atoms with Gasteiger partial charge in [0.25, 0.3) is 0 Å². The molecule has 0 N–H and O–H groups in total. The fraction of sp³-hybridized carbons (Fsp3) is 0.333. The minimum Gasteiger partial charge on any atom is -0.359 e. The minimum absolute atomic E-state index is 0.0243. The Morgan fingerprint density at radius 2 is 0.862 bits per heavy atom. The van der Waals surface area contributed by atoms with Gasteiger partial charge in [-0.3, -0.25) is 0 Å². The van der Waals surface area contributed by atoms with Gasteiger partial charge in [-0.15, -0.1) is 0 Å². The van der Waals surface area contributed by atoms with Gasteiger partial charge in [0.05, 0.1) is 0 Å². The second kappa shape index (κ2) is 8.29. The molecule has 0 radical (unpaired) electrons. The second-order valence-electron chi connectivity index (χ2n) is 6.36. The Kier molecular flexibility index (Phi) is 6.60. The summed E-state index contributed by atoms with van der Waals surface area (Å²) in [6, 6.07) is -0.0402. The van der Waals surface area contributed by atoms with E-state index in [4.69, 9.17) is 0 Å². The zero-order chi connectivity index (χ0) is 22.3. The molecule has 0 aliphatic rings. The molecule has 29 heavy (non-hydrogen) atoms. The molecular weight excluding hydrogens is 429 g/mol. The molecule has 2 aromatic carbocycles. The molecule has 160 valence electrons. The lowest BCUT2D eigenvalue weighted by molar-refractivity contribution is 0.380. The third-order valence-electron chi connectivity index (χ3n) is 5.17. The van der Waals surface area contributed by atoms with E-state index in [0.717, 1.165) is 0 Å². The number of hydrogen-bond donors (Lipinski definition) is 0. The number of halogens is 9. The fourth-order valence-corrected chi connectivity index (χ4v) is 7.15. The Morgan fingerprint density at radius 1 is 0.552 bits per heavy atom. The van der Waals surface area contributed by atoms with Crippen LogP contribution >= 0.6 is 0 Å². The molecule has 0 aliphatic heterocycles. The van der Waals surface area contributed by atoms with Gasteiger partial charge in [0.2, 0.25) is 5.82 Å². The van der Waals surface area contributed by atoms with Gasteiger partial charge in [0, 0.05) is 6.07 Å². The lowest BCUT2D eigenvalue weighted by Gasteiger charge is -2.43. The third kappa shape index (κ3) is 3.49. The molecule has 0 atom stereocenters. The van der Waals surface area contributed by atoms with Crippen LogP contribution in [0.5, 0.6) is 0 Å². The van der Waals surface area contributed by atoms with Crippen molar-refractivity contribution in [1.29, 1.82) is 0 Å². The van der Waals surface area contributed by atoms with Crippen molar-refractivity contribution in [3.63, 3.8) is 0 Å². The molecule has 0 saturated carbocycles. The van der Waals surface area contributed by atoms with E-state index in [-0.39, 0.29) is 28.8 Å². The standard InChI is InChI=1S/C18H16F9NSi/c1-4-29(5-2,6-3)28(17-10(21)8(19)7-9(20)11(17)22)18-15(26)13(24)12(23)14(25)16(18)27/h7H,4-6H2,1-3H3. The summed E-state index contributed by atoms with van der Waals surface area (Å²) in [5, 5.41) is 0. The maximum absolute atomic E-state index is 14.6. The number of rotatable bonds is 6. The fourth-order valence-electron chi connectivity index (χ4n) is 3.36. The molecule has 0 amide bonds. The Hall–Kier alpha value is -2.17. The molecule has 0 aromatic heterocycles. The van der Waals surface area contributed by atoms with Gasteiger partial charge in [-0.1, -0.05) is 20.8 Å². The van der Waals surface area contributed by atoms with Gasteiger partial charge in [-0.25, -0.2) is 39.5 Å². The van der Waals surface area contributed by atoms with Crippen LogP contribution < -0.4 is 4.57 Å². The van der Waals surface area contributed by atoms with Gasteiger partial charge in [0.15, 0.2) is 54.8 Å². The number of anilines is 2. The van der Waals surface area contributed by atoms with Crippen molar-refractivity contribution in [1.82, 2.24) is 0 Å². The smallest absolute Gasteiger partial charge is 0.200 e. The maximum atomic E-state index is 14.6. The van der Waals surface area contributed by atoms with E-state index in [1.807, 2.05) is 0 Å². The quantitative estimate of drug-likeness (QED) is 0.199. The van der Waals surface area contributed by atoms with Crippen molar-refractivity contribution < 1.29 is 39.5 Å². The first-order valence-corrected chi connectivity index (χ1v) is 11.2. The van der Waals surface area contributed by atoms with Gasteiger partial charge in [-0.2, -0.15) is 0 Å². The number of nitrogens with zero attached hydrogens (tertiary/aromatic N) is 1. The van der Waals surface area contributed by atoms with E-state index in [1.54, 1.807) is 0 Å². The van der Waals surface area contributed by atoms with Crippen molar-refractivity contribution >= 4 is 19.6 Å². The van der Waals surface area contributed by atoms with Crippen LogP contribution in [0.1, 0.15) is 20.8 Å². The molecule has 11 heteroatoms. The van der Waals surface area contributed by atoms with Crippen LogP contribution in [-0.2, 0) is 0 Å². The molecule has 1 nitrogen and oxygen atoms in total. The molecule has 0 aliphatic carbocycles.